The van der Waals surface area contributed by atoms with Gasteiger partial charge in [-0.25, -0.2) is 0 Å². The quantitative estimate of drug-likeness (QED) is 0.699. The van der Waals surface area contributed by atoms with E-state index in [1.54, 1.807) is 0 Å². The Morgan fingerprint density at radius 1 is 1.33 bits per heavy atom. The molecule has 0 aliphatic carbocycles. The SMILES string of the molecule is COC(=O)CC[C@@H]1[C@@H](COC(C)=O)O[C@@H]2C[C@@H](C)O[C@@]23OCC[C@@H]13. The lowest BCUT2D eigenvalue weighted by molar-refractivity contribution is -0.308. The third kappa shape index (κ3) is 3.17. The van der Waals surface area contributed by atoms with Crippen LogP contribution in [0, 0.1) is 11.8 Å². The highest BCUT2D eigenvalue weighted by atomic mass is 16.7. The number of ether oxygens (including phenoxy) is 5. The van der Waals surface area contributed by atoms with Gasteiger partial charge in [0.25, 0.3) is 0 Å². The fourth-order valence-electron chi connectivity index (χ4n) is 4.38. The molecule has 0 aromatic rings. The third-order valence-corrected chi connectivity index (χ3v) is 5.35. The van der Waals surface area contributed by atoms with Gasteiger partial charge in [0.1, 0.15) is 12.7 Å². The molecule has 0 bridgehead atoms. The molecule has 3 heterocycles. The molecule has 0 radical (unpaired) electrons. The summed E-state index contributed by atoms with van der Waals surface area (Å²) in [7, 11) is 1.38. The van der Waals surface area contributed by atoms with Crippen molar-refractivity contribution in [1.29, 1.82) is 0 Å². The van der Waals surface area contributed by atoms with E-state index >= 15 is 0 Å². The first-order valence-electron chi connectivity index (χ1n) is 8.63. The topological polar surface area (TPSA) is 80.3 Å². The fraction of sp³-hybridized carbons (Fsp3) is 0.882. The molecule has 0 N–H and O–H groups in total. The Balaban J connectivity index is 1.79. The van der Waals surface area contributed by atoms with Crippen LogP contribution in [0.25, 0.3) is 0 Å². The van der Waals surface area contributed by atoms with Crippen LogP contribution in [0.3, 0.4) is 0 Å². The molecular weight excluding hydrogens is 316 g/mol. The van der Waals surface area contributed by atoms with Crippen molar-refractivity contribution in [1.82, 2.24) is 0 Å². The first kappa shape index (κ1) is 17.6. The Morgan fingerprint density at radius 3 is 2.83 bits per heavy atom. The lowest BCUT2D eigenvalue weighted by Gasteiger charge is -2.47. The number of hydrogen-bond acceptors (Lipinski definition) is 7. The van der Waals surface area contributed by atoms with Crippen molar-refractivity contribution in [2.24, 2.45) is 11.8 Å². The molecule has 0 amide bonds. The van der Waals surface area contributed by atoms with Crippen LogP contribution in [-0.4, -0.2) is 56.4 Å². The zero-order chi connectivity index (χ0) is 17.3. The summed E-state index contributed by atoms with van der Waals surface area (Å²) in [6.07, 6.45) is 2.16. The van der Waals surface area contributed by atoms with Crippen molar-refractivity contribution < 1.29 is 33.3 Å². The van der Waals surface area contributed by atoms with Crippen LogP contribution in [0.2, 0.25) is 0 Å². The van der Waals surface area contributed by atoms with E-state index in [2.05, 4.69) is 0 Å². The Hall–Kier alpha value is -1.18. The molecule has 3 rings (SSSR count). The molecule has 3 saturated heterocycles. The summed E-state index contributed by atoms with van der Waals surface area (Å²) in [6, 6.07) is 0. The Morgan fingerprint density at radius 2 is 2.12 bits per heavy atom. The van der Waals surface area contributed by atoms with Crippen molar-refractivity contribution in [3.8, 4) is 0 Å². The van der Waals surface area contributed by atoms with Crippen LogP contribution < -0.4 is 0 Å². The molecule has 7 nitrogen and oxygen atoms in total. The molecule has 0 unspecified atom stereocenters. The van der Waals surface area contributed by atoms with Gasteiger partial charge >= 0.3 is 11.9 Å². The number of carbonyl (C=O) groups excluding carboxylic acids is 2. The normalized spacial score (nSPS) is 40.7. The number of rotatable bonds is 5. The second kappa shape index (κ2) is 6.98. The van der Waals surface area contributed by atoms with Crippen LogP contribution in [0.5, 0.6) is 0 Å². The number of esters is 2. The largest absolute Gasteiger partial charge is 0.469 e. The summed E-state index contributed by atoms with van der Waals surface area (Å²) in [4.78, 5) is 22.8. The minimum Gasteiger partial charge on any atom is -0.469 e. The van der Waals surface area contributed by atoms with Gasteiger partial charge in [-0.3, -0.25) is 9.59 Å². The van der Waals surface area contributed by atoms with Crippen molar-refractivity contribution in [2.45, 2.75) is 63.6 Å². The van der Waals surface area contributed by atoms with Gasteiger partial charge in [0.15, 0.2) is 5.79 Å². The predicted molar refractivity (Wildman–Crippen MR) is 82.0 cm³/mol. The maximum absolute atomic E-state index is 11.6. The van der Waals surface area contributed by atoms with E-state index in [0.29, 0.717) is 19.4 Å². The van der Waals surface area contributed by atoms with Crippen LogP contribution in [0.1, 0.15) is 39.5 Å². The maximum atomic E-state index is 11.6. The lowest BCUT2D eigenvalue weighted by Crippen LogP contribution is -2.58. The molecule has 3 aliphatic heterocycles. The van der Waals surface area contributed by atoms with Gasteiger partial charge in [0.2, 0.25) is 0 Å². The van der Waals surface area contributed by atoms with Gasteiger partial charge in [-0.1, -0.05) is 0 Å². The van der Waals surface area contributed by atoms with Gasteiger partial charge in [-0.15, -0.1) is 0 Å². The molecule has 3 aliphatic rings. The van der Waals surface area contributed by atoms with E-state index in [-0.39, 0.29) is 48.7 Å². The number of methoxy groups -OCH3 is 1. The van der Waals surface area contributed by atoms with E-state index in [0.717, 1.165) is 12.8 Å². The highest BCUT2D eigenvalue weighted by molar-refractivity contribution is 5.69. The smallest absolute Gasteiger partial charge is 0.305 e. The molecule has 3 fully saturated rings. The van der Waals surface area contributed by atoms with Gasteiger partial charge < -0.3 is 23.7 Å². The van der Waals surface area contributed by atoms with E-state index < -0.39 is 5.79 Å². The third-order valence-electron chi connectivity index (χ3n) is 5.35. The van der Waals surface area contributed by atoms with Gasteiger partial charge in [0.05, 0.1) is 25.9 Å². The average Bonchev–Trinajstić information content (AvgIpc) is 3.09. The van der Waals surface area contributed by atoms with Crippen molar-refractivity contribution >= 4 is 11.9 Å². The molecule has 0 aromatic carbocycles. The molecule has 6 atom stereocenters. The highest BCUT2D eigenvalue weighted by Crippen LogP contribution is 2.53. The molecule has 1 spiro atoms. The van der Waals surface area contributed by atoms with Crippen molar-refractivity contribution in [2.75, 3.05) is 20.3 Å². The highest BCUT2D eigenvalue weighted by Gasteiger charge is 2.64. The molecule has 0 saturated carbocycles. The standard InChI is InChI=1S/C17H26O7/c1-10-8-15-17(24-10)13(6-7-22-17)12(4-5-16(19)20-3)14(23-15)9-21-11(2)18/h10,12-15H,4-9H2,1-3H3/t10-,12+,13+,14-,15-,17-/m1/s1. The van der Waals surface area contributed by atoms with Crippen LogP contribution >= 0.6 is 0 Å². The van der Waals surface area contributed by atoms with E-state index in [1.807, 2.05) is 6.92 Å². The first-order chi connectivity index (χ1) is 11.5. The monoisotopic (exact) mass is 342 g/mol. The second-order valence-electron chi connectivity index (χ2n) is 6.87. The predicted octanol–water partition coefficient (Wildman–Crippen LogP) is 1.43. The number of hydrogen-bond donors (Lipinski definition) is 0. The van der Waals surface area contributed by atoms with Crippen LogP contribution in [0.4, 0.5) is 0 Å². The Kier molecular flexibility index (Phi) is 5.13. The lowest BCUT2D eigenvalue weighted by atomic mass is 9.74. The average molecular weight is 342 g/mol. The first-order valence-corrected chi connectivity index (χ1v) is 8.63. The summed E-state index contributed by atoms with van der Waals surface area (Å²) in [5.41, 5.74) is 0. The van der Waals surface area contributed by atoms with E-state index in [9.17, 15) is 9.59 Å². The maximum Gasteiger partial charge on any atom is 0.305 e. The van der Waals surface area contributed by atoms with E-state index in [4.69, 9.17) is 23.7 Å². The minimum atomic E-state index is -0.715. The second-order valence-corrected chi connectivity index (χ2v) is 6.87. The summed E-state index contributed by atoms with van der Waals surface area (Å²) in [5, 5.41) is 0. The van der Waals surface area contributed by atoms with Crippen LogP contribution in [-0.2, 0) is 33.3 Å². The fourth-order valence-corrected chi connectivity index (χ4v) is 4.38. The molecular formula is C17H26O7. The molecule has 0 aromatic heterocycles. The summed E-state index contributed by atoms with van der Waals surface area (Å²) in [5.74, 6) is -1.15. The van der Waals surface area contributed by atoms with Crippen molar-refractivity contribution in [3.05, 3.63) is 0 Å². The Bertz CT molecular complexity index is 493. The number of carbonyl (C=O) groups is 2. The van der Waals surface area contributed by atoms with Gasteiger partial charge in [-0.05, 0) is 25.7 Å². The molecule has 7 heteroatoms. The van der Waals surface area contributed by atoms with Crippen LogP contribution in [0.15, 0.2) is 0 Å². The van der Waals surface area contributed by atoms with Gasteiger partial charge in [-0.2, -0.15) is 0 Å². The minimum absolute atomic E-state index is 0.0208. The van der Waals surface area contributed by atoms with Gasteiger partial charge in [0, 0.05) is 25.7 Å². The Labute approximate surface area is 141 Å². The summed E-state index contributed by atoms with van der Waals surface area (Å²) < 4.78 is 28.3. The zero-order valence-corrected chi connectivity index (χ0v) is 14.5. The van der Waals surface area contributed by atoms with E-state index in [1.165, 1.54) is 14.0 Å². The summed E-state index contributed by atoms with van der Waals surface area (Å²) >= 11 is 0. The summed E-state index contributed by atoms with van der Waals surface area (Å²) in [6.45, 7) is 4.21. The molecule has 136 valence electrons. The molecule has 24 heavy (non-hydrogen) atoms. The van der Waals surface area contributed by atoms with Crippen molar-refractivity contribution in [3.63, 3.8) is 0 Å². The zero-order valence-electron chi connectivity index (χ0n) is 14.5.